The molecule has 0 radical (unpaired) electrons. The highest BCUT2D eigenvalue weighted by Crippen LogP contribution is 2.26. The number of thiophene rings is 1. The first-order valence-corrected chi connectivity index (χ1v) is 10.3. The van der Waals surface area contributed by atoms with Crippen LogP contribution in [0.5, 0.6) is 0 Å². The van der Waals surface area contributed by atoms with Crippen LogP contribution < -0.4 is 5.32 Å². The zero-order chi connectivity index (χ0) is 19.5. The highest BCUT2D eigenvalue weighted by Gasteiger charge is 2.20. The third-order valence-electron chi connectivity index (χ3n) is 4.70. The van der Waals surface area contributed by atoms with Crippen molar-refractivity contribution in [1.29, 1.82) is 0 Å². The molecule has 0 fully saturated rings. The second-order valence-corrected chi connectivity index (χ2v) is 8.14. The number of hydrogen-bond acceptors (Lipinski definition) is 4. The number of benzene rings is 2. The number of aromatic nitrogens is 1. The Morgan fingerprint density at radius 3 is 2.64 bits per heavy atom. The molecule has 0 aliphatic carbocycles. The van der Waals surface area contributed by atoms with Crippen molar-refractivity contribution in [2.24, 2.45) is 5.92 Å². The first kappa shape index (κ1) is 18.4. The zero-order valence-electron chi connectivity index (χ0n) is 15.9. The monoisotopic (exact) mass is 390 g/mol. The summed E-state index contributed by atoms with van der Waals surface area (Å²) in [4.78, 5) is 18.5. The average Bonchev–Trinajstić information content (AvgIpc) is 3.35. The SMILES string of the molecule is CC(C)C(NC(=O)c1ccc2nc(Cc3ccccc3)oc2c1)c1cccs1. The molecule has 0 bridgehead atoms. The maximum atomic E-state index is 12.8. The topological polar surface area (TPSA) is 55.1 Å². The van der Waals surface area contributed by atoms with E-state index in [2.05, 4.69) is 30.2 Å². The van der Waals surface area contributed by atoms with E-state index in [1.807, 2.05) is 47.8 Å². The molecular formula is C23H22N2O2S. The van der Waals surface area contributed by atoms with Gasteiger partial charge < -0.3 is 9.73 Å². The Balaban J connectivity index is 1.54. The minimum absolute atomic E-state index is 0.00781. The molecule has 2 aromatic carbocycles. The van der Waals surface area contributed by atoms with E-state index in [1.54, 1.807) is 23.5 Å². The van der Waals surface area contributed by atoms with Gasteiger partial charge in [-0.1, -0.05) is 50.2 Å². The van der Waals surface area contributed by atoms with Crippen LogP contribution in [-0.4, -0.2) is 10.9 Å². The Bertz CT molecular complexity index is 1070. The van der Waals surface area contributed by atoms with E-state index in [0.717, 1.165) is 16.0 Å². The van der Waals surface area contributed by atoms with Gasteiger partial charge >= 0.3 is 0 Å². The molecule has 0 aliphatic heterocycles. The molecule has 2 aromatic heterocycles. The van der Waals surface area contributed by atoms with Crippen LogP contribution >= 0.6 is 11.3 Å². The van der Waals surface area contributed by atoms with Crippen LogP contribution in [0, 0.1) is 5.92 Å². The Morgan fingerprint density at radius 2 is 1.93 bits per heavy atom. The summed E-state index contributed by atoms with van der Waals surface area (Å²) in [5.41, 5.74) is 3.12. The van der Waals surface area contributed by atoms with Gasteiger partial charge in [0.2, 0.25) is 0 Å². The van der Waals surface area contributed by atoms with Gasteiger partial charge in [-0.2, -0.15) is 0 Å². The van der Waals surface area contributed by atoms with Crippen molar-refractivity contribution in [3.63, 3.8) is 0 Å². The smallest absolute Gasteiger partial charge is 0.251 e. The first-order chi connectivity index (χ1) is 13.6. The standard InChI is InChI=1S/C23H22N2O2S/c1-15(2)22(20-9-6-12-28-20)25-23(26)17-10-11-18-19(14-17)27-21(24-18)13-16-7-4-3-5-8-16/h3-12,14-15,22H,13H2,1-2H3,(H,25,26). The van der Waals surface area contributed by atoms with Crippen LogP contribution in [0.25, 0.3) is 11.1 Å². The fourth-order valence-corrected chi connectivity index (χ4v) is 4.17. The minimum atomic E-state index is -0.102. The number of carbonyl (C=O) groups is 1. The second kappa shape index (κ2) is 7.98. The van der Waals surface area contributed by atoms with Gasteiger partial charge in [0.1, 0.15) is 5.52 Å². The summed E-state index contributed by atoms with van der Waals surface area (Å²) in [6, 6.07) is 19.6. The predicted octanol–water partition coefficient (Wildman–Crippen LogP) is 5.61. The molecule has 4 aromatic rings. The number of nitrogens with zero attached hydrogens (tertiary/aromatic N) is 1. The van der Waals surface area contributed by atoms with Crippen LogP contribution in [0.1, 0.15) is 46.6 Å². The fourth-order valence-electron chi connectivity index (χ4n) is 3.22. The Hall–Kier alpha value is -2.92. The molecule has 142 valence electrons. The lowest BCUT2D eigenvalue weighted by molar-refractivity contribution is 0.0926. The molecule has 1 atom stereocenters. The molecule has 1 unspecified atom stereocenters. The number of amides is 1. The molecule has 2 heterocycles. The van der Waals surface area contributed by atoms with Gasteiger partial charge in [-0.3, -0.25) is 4.79 Å². The average molecular weight is 391 g/mol. The highest BCUT2D eigenvalue weighted by molar-refractivity contribution is 7.10. The van der Waals surface area contributed by atoms with Crippen molar-refractivity contribution in [3.05, 3.63) is 87.9 Å². The van der Waals surface area contributed by atoms with Gasteiger partial charge in [0.25, 0.3) is 5.91 Å². The summed E-state index contributed by atoms with van der Waals surface area (Å²) in [5, 5.41) is 5.19. The van der Waals surface area contributed by atoms with Crippen molar-refractivity contribution in [2.75, 3.05) is 0 Å². The molecule has 0 aliphatic rings. The van der Waals surface area contributed by atoms with Crippen molar-refractivity contribution in [2.45, 2.75) is 26.3 Å². The molecule has 4 rings (SSSR count). The molecule has 0 saturated heterocycles. The number of nitrogens with one attached hydrogen (secondary N) is 1. The summed E-state index contributed by atoms with van der Waals surface area (Å²) in [7, 11) is 0. The van der Waals surface area contributed by atoms with Crippen LogP contribution in [0.3, 0.4) is 0 Å². The van der Waals surface area contributed by atoms with E-state index in [4.69, 9.17) is 4.42 Å². The quantitative estimate of drug-likeness (QED) is 0.466. The number of fused-ring (bicyclic) bond motifs is 1. The molecule has 1 N–H and O–H groups in total. The predicted molar refractivity (Wildman–Crippen MR) is 113 cm³/mol. The maximum Gasteiger partial charge on any atom is 0.251 e. The van der Waals surface area contributed by atoms with E-state index < -0.39 is 0 Å². The second-order valence-electron chi connectivity index (χ2n) is 7.16. The number of oxazole rings is 1. The molecule has 5 heteroatoms. The summed E-state index contributed by atoms with van der Waals surface area (Å²) in [6.07, 6.45) is 0.630. The van der Waals surface area contributed by atoms with E-state index in [1.165, 1.54) is 0 Å². The molecule has 1 amide bonds. The highest BCUT2D eigenvalue weighted by atomic mass is 32.1. The molecule has 28 heavy (non-hydrogen) atoms. The van der Waals surface area contributed by atoms with Gasteiger partial charge in [-0.25, -0.2) is 4.98 Å². The van der Waals surface area contributed by atoms with Crippen LogP contribution in [0.4, 0.5) is 0 Å². The van der Waals surface area contributed by atoms with Crippen LogP contribution in [-0.2, 0) is 6.42 Å². The summed E-state index contributed by atoms with van der Waals surface area (Å²) < 4.78 is 5.90. The van der Waals surface area contributed by atoms with Crippen molar-refractivity contribution in [3.8, 4) is 0 Å². The minimum Gasteiger partial charge on any atom is -0.440 e. The number of rotatable bonds is 6. The Morgan fingerprint density at radius 1 is 1.11 bits per heavy atom. The van der Waals surface area contributed by atoms with E-state index in [-0.39, 0.29) is 11.9 Å². The number of hydrogen-bond donors (Lipinski definition) is 1. The molecular weight excluding hydrogens is 368 g/mol. The lowest BCUT2D eigenvalue weighted by atomic mass is 10.0. The van der Waals surface area contributed by atoms with Crippen molar-refractivity contribution < 1.29 is 9.21 Å². The third kappa shape index (κ3) is 3.99. The maximum absolute atomic E-state index is 12.8. The van der Waals surface area contributed by atoms with Crippen LogP contribution in [0.2, 0.25) is 0 Å². The van der Waals surface area contributed by atoms with Crippen molar-refractivity contribution >= 4 is 28.3 Å². The summed E-state index contributed by atoms with van der Waals surface area (Å²) >= 11 is 1.66. The van der Waals surface area contributed by atoms with Gasteiger partial charge in [0.05, 0.1) is 6.04 Å². The molecule has 4 nitrogen and oxygen atoms in total. The van der Waals surface area contributed by atoms with E-state index >= 15 is 0 Å². The molecule has 0 spiro atoms. The van der Waals surface area contributed by atoms with Gasteiger partial charge in [0, 0.05) is 16.9 Å². The van der Waals surface area contributed by atoms with Gasteiger partial charge in [0.15, 0.2) is 11.5 Å². The van der Waals surface area contributed by atoms with E-state index in [9.17, 15) is 4.79 Å². The fraction of sp³-hybridized carbons (Fsp3) is 0.217. The third-order valence-corrected chi connectivity index (χ3v) is 5.65. The first-order valence-electron chi connectivity index (χ1n) is 9.38. The summed E-state index contributed by atoms with van der Waals surface area (Å²) in [5.74, 6) is 0.849. The van der Waals surface area contributed by atoms with Gasteiger partial charge in [-0.05, 0) is 41.1 Å². The normalized spacial score (nSPS) is 12.4. The number of carbonyl (C=O) groups excluding carboxylic acids is 1. The van der Waals surface area contributed by atoms with Gasteiger partial charge in [-0.15, -0.1) is 11.3 Å². The zero-order valence-corrected chi connectivity index (χ0v) is 16.7. The largest absolute Gasteiger partial charge is 0.440 e. The Labute approximate surface area is 168 Å². The van der Waals surface area contributed by atoms with E-state index in [0.29, 0.717) is 29.4 Å². The Kier molecular flexibility index (Phi) is 5.26. The van der Waals surface area contributed by atoms with Crippen LogP contribution in [0.15, 0.2) is 70.5 Å². The lowest BCUT2D eigenvalue weighted by Crippen LogP contribution is -2.31. The molecule has 0 saturated carbocycles. The van der Waals surface area contributed by atoms with Crippen molar-refractivity contribution in [1.82, 2.24) is 10.3 Å². The summed E-state index contributed by atoms with van der Waals surface area (Å²) in [6.45, 7) is 4.22. The lowest BCUT2D eigenvalue weighted by Gasteiger charge is -2.21.